The summed E-state index contributed by atoms with van der Waals surface area (Å²) in [6.07, 6.45) is 0.502. The summed E-state index contributed by atoms with van der Waals surface area (Å²) < 4.78 is 0. The molecule has 0 N–H and O–H groups in total. The Bertz CT molecular complexity index is 557. The predicted octanol–water partition coefficient (Wildman–Crippen LogP) is 3.22. The summed E-state index contributed by atoms with van der Waals surface area (Å²) in [6, 6.07) is 8.51. The monoisotopic (exact) mass is 334 g/mol. The van der Waals surface area contributed by atoms with Crippen molar-refractivity contribution in [3.63, 3.8) is 0 Å². The van der Waals surface area contributed by atoms with Gasteiger partial charge < -0.3 is 9.80 Å². The van der Waals surface area contributed by atoms with E-state index in [-0.39, 0.29) is 23.2 Å². The van der Waals surface area contributed by atoms with E-state index in [1.165, 1.54) is 5.56 Å². The maximum atomic E-state index is 12.2. The van der Waals surface area contributed by atoms with E-state index in [1.54, 1.807) is 11.8 Å². The zero-order valence-corrected chi connectivity index (χ0v) is 15.2. The van der Waals surface area contributed by atoms with Gasteiger partial charge in [0.2, 0.25) is 11.8 Å². The van der Waals surface area contributed by atoms with E-state index in [0.29, 0.717) is 25.3 Å². The minimum atomic E-state index is 0.0637. The van der Waals surface area contributed by atoms with Crippen LogP contribution in [0.15, 0.2) is 24.3 Å². The minimum absolute atomic E-state index is 0.0637. The molecular formula is C18H26N2O2S. The van der Waals surface area contributed by atoms with Gasteiger partial charge in [0.15, 0.2) is 0 Å². The number of amides is 2. The SMILES string of the molecule is CCC(=O)N(CCN1C(=O)CS[C@H]1c1ccc(C)cc1)C(C)C. The van der Waals surface area contributed by atoms with Crippen molar-refractivity contribution in [2.75, 3.05) is 18.8 Å². The average molecular weight is 334 g/mol. The quantitative estimate of drug-likeness (QED) is 0.802. The van der Waals surface area contributed by atoms with Crippen molar-refractivity contribution in [2.24, 2.45) is 0 Å². The summed E-state index contributed by atoms with van der Waals surface area (Å²) in [5.41, 5.74) is 2.37. The van der Waals surface area contributed by atoms with E-state index in [4.69, 9.17) is 0 Å². The highest BCUT2D eigenvalue weighted by Crippen LogP contribution is 2.38. The van der Waals surface area contributed by atoms with Crippen LogP contribution < -0.4 is 0 Å². The van der Waals surface area contributed by atoms with Gasteiger partial charge in [-0.1, -0.05) is 36.8 Å². The molecule has 0 aliphatic carbocycles. The summed E-state index contributed by atoms with van der Waals surface area (Å²) in [5, 5.41) is 0.0637. The highest BCUT2D eigenvalue weighted by atomic mass is 32.2. The van der Waals surface area contributed by atoms with E-state index >= 15 is 0 Å². The fourth-order valence-corrected chi connectivity index (χ4v) is 4.01. The third-order valence-electron chi connectivity index (χ3n) is 4.16. The Balaban J connectivity index is 2.08. The molecule has 2 rings (SSSR count). The second-order valence-corrected chi connectivity index (χ2v) is 7.26. The molecule has 1 aromatic carbocycles. The third-order valence-corrected chi connectivity index (χ3v) is 5.41. The van der Waals surface area contributed by atoms with Crippen LogP contribution in [0.4, 0.5) is 0 Å². The van der Waals surface area contributed by atoms with Gasteiger partial charge in [-0.3, -0.25) is 9.59 Å². The van der Waals surface area contributed by atoms with Gasteiger partial charge >= 0.3 is 0 Å². The topological polar surface area (TPSA) is 40.6 Å². The Labute approximate surface area is 143 Å². The van der Waals surface area contributed by atoms with Crippen LogP contribution in [0.5, 0.6) is 0 Å². The summed E-state index contributed by atoms with van der Waals surface area (Å²) >= 11 is 1.66. The molecule has 1 fully saturated rings. The van der Waals surface area contributed by atoms with Gasteiger partial charge in [-0.15, -0.1) is 11.8 Å². The van der Waals surface area contributed by atoms with Crippen molar-refractivity contribution in [3.05, 3.63) is 35.4 Å². The number of carbonyl (C=O) groups excluding carboxylic acids is 2. The summed E-state index contributed by atoms with van der Waals surface area (Å²) in [7, 11) is 0. The first-order valence-electron chi connectivity index (χ1n) is 8.21. The standard InChI is InChI=1S/C18H26N2O2S/c1-5-16(21)19(13(2)3)10-11-20-17(22)12-23-18(20)15-8-6-14(4)7-9-15/h6-9,13,18H,5,10-12H2,1-4H3/t18-/m0/s1. The Hall–Kier alpha value is -1.49. The number of aryl methyl sites for hydroxylation is 1. The molecule has 0 aromatic heterocycles. The molecular weight excluding hydrogens is 308 g/mol. The fourth-order valence-electron chi connectivity index (χ4n) is 2.79. The van der Waals surface area contributed by atoms with Crippen molar-refractivity contribution in [1.29, 1.82) is 0 Å². The second-order valence-electron chi connectivity index (χ2n) is 6.20. The van der Waals surface area contributed by atoms with Crippen LogP contribution in [0, 0.1) is 6.92 Å². The molecule has 2 amide bonds. The Morgan fingerprint density at radius 1 is 1.35 bits per heavy atom. The molecule has 0 saturated carbocycles. The lowest BCUT2D eigenvalue weighted by Gasteiger charge is -2.31. The van der Waals surface area contributed by atoms with Gasteiger partial charge in [0.25, 0.3) is 0 Å². The largest absolute Gasteiger partial charge is 0.339 e. The summed E-state index contributed by atoms with van der Waals surface area (Å²) in [6.45, 7) is 9.17. The van der Waals surface area contributed by atoms with Crippen LogP contribution in [0.25, 0.3) is 0 Å². The van der Waals surface area contributed by atoms with Crippen molar-refractivity contribution in [1.82, 2.24) is 9.80 Å². The molecule has 5 heteroatoms. The molecule has 4 nitrogen and oxygen atoms in total. The maximum Gasteiger partial charge on any atom is 0.233 e. The van der Waals surface area contributed by atoms with E-state index in [2.05, 4.69) is 31.2 Å². The van der Waals surface area contributed by atoms with Gasteiger partial charge in [0, 0.05) is 25.6 Å². The van der Waals surface area contributed by atoms with Crippen molar-refractivity contribution in [2.45, 2.75) is 45.5 Å². The molecule has 1 atom stereocenters. The minimum Gasteiger partial charge on any atom is -0.339 e. The van der Waals surface area contributed by atoms with Gasteiger partial charge in [-0.25, -0.2) is 0 Å². The highest BCUT2D eigenvalue weighted by Gasteiger charge is 2.33. The molecule has 23 heavy (non-hydrogen) atoms. The summed E-state index contributed by atoms with van der Waals surface area (Å²) in [4.78, 5) is 28.1. The fraction of sp³-hybridized carbons (Fsp3) is 0.556. The van der Waals surface area contributed by atoms with Gasteiger partial charge in [0.05, 0.1) is 5.75 Å². The van der Waals surface area contributed by atoms with Crippen LogP contribution in [0.2, 0.25) is 0 Å². The Morgan fingerprint density at radius 2 is 2.00 bits per heavy atom. The molecule has 1 heterocycles. The lowest BCUT2D eigenvalue weighted by molar-refractivity contribution is -0.135. The molecule has 126 valence electrons. The number of hydrogen-bond acceptors (Lipinski definition) is 3. The lowest BCUT2D eigenvalue weighted by atomic mass is 10.1. The van der Waals surface area contributed by atoms with Gasteiger partial charge in [-0.2, -0.15) is 0 Å². The van der Waals surface area contributed by atoms with E-state index in [1.807, 2.05) is 30.6 Å². The number of rotatable bonds is 6. The zero-order chi connectivity index (χ0) is 17.0. The smallest absolute Gasteiger partial charge is 0.233 e. The second kappa shape index (κ2) is 7.86. The molecule has 1 aliphatic rings. The van der Waals surface area contributed by atoms with Crippen LogP contribution >= 0.6 is 11.8 Å². The highest BCUT2D eigenvalue weighted by molar-refractivity contribution is 8.00. The van der Waals surface area contributed by atoms with E-state index in [0.717, 1.165) is 5.56 Å². The molecule has 0 spiro atoms. The van der Waals surface area contributed by atoms with Crippen molar-refractivity contribution < 1.29 is 9.59 Å². The number of nitrogens with zero attached hydrogens (tertiary/aromatic N) is 2. The number of hydrogen-bond donors (Lipinski definition) is 0. The lowest BCUT2D eigenvalue weighted by Crippen LogP contribution is -2.43. The molecule has 0 unspecified atom stereocenters. The average Bonchev–Trinajstić information content (AvgIpc) is 2.89. The van der Waals surface area contributed by atoms with Crippen molar-refractivity contribution >= 4 is 23.6 Å². The number of carbonyl (C=O) groups is 2. The van der Waals surface area contributed by atoms with Crippen molar-refractivity contribution in [3.8, 4) is 0 Å². The first kappa shape index (κ1) is 17.9. The van der Waals surface area contributed by atoms with Crippen LogP contribution in [-0.4, -0.2) is 46.5 Å². The first-order valence-corrected chi connectivity index (χ1v) is 9.26. The predicted molar refractivity (Wildman–Crippen MR) is 95.2 cm³/mol. The molecule has 0 bridgehead atoms. The van der Waals surface area contributed by atoms with E-state index < -0.39 is 0 Å². The summed E-state index contributed by atoms with van der Waals surface area (Å²) in [5.74, 6) is 0.821. The number of thioether (sulfide) groups is 1. The van der Waals surface area contributed by atoms with Crippen LogP contribution in [0.1, 0.15) is 43.7 Å². The zero-order valence-electron chi connectivity index (χ0n) is 14.4. The molecule has 1 aromatic rings. The Kier molecular flexibility index (Phi) is 6.10. The molecule has 1 saturated heterocycles. The maximum absolute atomic E-state index is 12.2. The van der Waals surface area contributed by atoms with Gasteiger partial charge in [-0.05, 0) is 26.3 Å². The normalized spacial score (nSPS) is 17.9. The Morgan fingerprint density at radius 3 is 2.57 bits per heavy atom. The number of benzene rings is 1. The van der Waals surface area contributed by atoms with Crippen LogP contribution in [0.3, 0.4) is 0 Å². The first-order chi connectivity index (χ1) is 10.9. The van der Waals surface area contributed by atoms with E-state index in [9.17, 15) is 9.59 Å². The third kappa shape index (κ3) is 4.28. The van der Waals surface area contributed by atoms with Gasteiger partial charge in [0.1, 0.15) is 5.37 Å². The molecule has 0 radical (unpaired) electrons. The molecule has 1 aliphatic heterocycles. The van der Waals surface area contributed by atoms with Crippen LogP contribution in [-0.2, 0) is 9.59 Å².